The molecule has 5 nitrogen and oxygen atoms in total. The second-order valence-corrected chi connectivity index (χ2v) is 3.57. The van der Waals surface area contributed by atoms with Crippen LogP contribution in [-0.2, 0) is 4.79 Å². The van der Waals surface area contributed by atoms with Crippen molar-refractivity contribution in [1.82, 2.24) is 10.2 Å². The molecule has 1 saturated heterocycles. The molecule has 0 aromatic rings. The first-order valence-corrected chi connectivity index (χ1v) is 4.73. The summed E-state index contributed by atoms with van der Waals surface area (Å²) in [6.45, 7) is 0.524. The van der Waals surface area contributed by atoms with Crippen LogP contribution in [-0.4, -0.2) is 42.1 Å². The molecule has 0 saturated carbocycles. The van der Waals surface area contributed by atoms with E-state index in [1.54, 1.807) is 0 Å². The molecular weight excluding hydrogens is 227 g/mol. The van der Waals surface area contributed by atoms with E-state index in [0.29, 0.717) is 0 Å². The molecule has 92 valence electrons. The highest BCUT2D eigenvalue weighted by atomic mass is 19.4. The van der Waals surface area contributed by atoms with E-state index in [2.05, 4.69) is 0 Å². The zero-order valence-electron chi connectivity index (χ0n) is 8.38. The number of piperidine rings is 1. The van der Waals surface area contributed by atoms with Crippen molar-refractivity contribution in [2.24, 2.45) is 5.73 Å². The fraction of sp³-hybridized carbons (Fsp3) is 0.750. The van der Waals surface area contributed by atoms with Gasteiger partial charge in [-0.2, -0.15) is 13.2 Å². The van der Waals surface area contributed by atoms with Crippen molar-refractivity contribution in [3.63, 3.8) is 0 Å². The molecule has 0 aliphatic carbocycles. The van der Waals surface area contributed by atoms with Gasteiger partial charge in [-0.3, -0.25) is 4.79 Å². The predicted octanol–water partition coefficient (Wildman–Crippen LogP) is 0.208. The van der Waals surface area contributed by atoms with Gasteiger partial charge in [0.2, 0.25) is 0 Å². The molecular formula is C8H12F3N3O2. The summed E-state index contributed by atoms with van der Waals surface area (Å²) in [5.74, 6) is -1.94. The van der Waals surface area contributed by atoms with Crippen LogP contribution in [0.3, 0.4) is 0 Å². The molecule has 0 unspecified atom stereocenters. The zero-order valence-corrected chi connectivity index (χ0v) is 8.38. The Hall–Kier alpha value is -1.47. The third-order valence-corrected chi connectivity index (χ3v) is 2.40. The van der Waals surface area contributed by atoms with Crippen LogP contribution in [0.15, 0.2) is 0 Å². The van der Waals surface area contributed by atoms with E-state index in [9.17, 15) is 22.8 Å². The molecule has 0 spiro atoms. The highest BCUT2D eigenvalue weighted by molar-refractivity contribution is 5.82. The predicted molar refractivity (Wildman–Crippen MR) is 48.4 cm³/mol. The van der Waals surface area contributed by atoms with E-state index in [4.69, 9.17) is 5.73 Å². The number of nitrogens with one attached hydrogen (secondary N) is 1. The van der Waals surface area contributed by atoms with Gasteiger partial charge in [0.15, 0.2) is 0 Å². The summed E-state index contributed by atoms with van der Waals surface area (Å²) in [5, 5.41) is 1.88. The molecule has 8 heteroatoms. The molecule has 1 aliphatic heterocycles. The Labute approximate surface area is 89.8 Å². The van der Waals surface area contributed by atoms with Crippen molar-refractivity contribution in [1.29, 1.82) is 0 Å². The topological polar surface area (TPSA) is 75.4 Å². The number of primary amides is 1. The smallest absolute Gasteiger partial charge is 0.351 e. The average molecular weight is 239 g/mol. The maximum absolute atomic E-state index is 11.9. The van der Waals surface area contributed by atoms with Gasteiger partial charge < -0.3 is 16.0 Å². The van der Waals surface area contributed by atoms with Crippen molar-refractivity contribution in [2.75, 3.05) is 13.1 Å². The number of hydrogen-bond acceptors (Lipinski definition) is 2. The third kappa shape index (κ3) is 3.28. The lowest BCUT2D eigenvalue weighted by atomic mass is 10.1. The van der Waals surface area contributed by atoms with Crippen LogP contribution in [0.4, 0.5) is 18.0 Å². The van der Waals surface area contributed by atoms with Crippen LogP contribution in [0.1, 0.15) is 12.8 Å². The third-order valence-electron chi connectivity index (χ3n) is 2.40. The monoisotopic (exact) mass is 239 g/mol. The van der Waals surface area contributed by atoms with E-state index in [1.165, 1.54) is 4.90 Å². The Bertz CT molecular complexity index is 285. The summed E-state index contributed by atoms with van der Waals surface area (Å²) < 4.78 is 35.7. The highest BCUT2D eigenvalue weighted by Gasteiger charge is 2.40. The fourth-order valence-electron chi connectivity index (χ4n) is 1.51. The number of rotatable bonds is 1. The zero-order chi connectivity index (χ0) is 12.3. The summed E-state index contributed by atoms with van der Waals surface area (Å²) >= 11 is 0. The standard InChI is InChI=1S/C8H12F3N3O2/c9-8(10,11)6(15)13-5-1-3-14(4-2-5)7(12)16/h5H,1-4H2,(H2,12,16)(H,13,15). The van der Waals surface area contributed by atoms with Gasteiger partial charge in [-0.05, 0) is 12.8 Å². The first-order valence-electron chi connectivity index (χ1n) is 4.73. The Morgan fingerprint density at radius 2 is 1.75 bits per heavy atom. The number of likely N-dealkylation sites (tertiary alicyclic amines) is 1. The molecule has 0 atom stereocenters. The second kappa shape index (κ2) is 4.58. The molecule has 0 radical (unpaired) electrons. The fourth-order valence-corrected chi connectivity index (χ4v) is 1.51. The van der Waals surface area contributed by atoms with E-state index in [0.717, 1.165) is 0 Å². The molecule has 1 fully saturated rings. The van der Waals surface area contributed by atoms with Crippen molar-refractivity contribution in [3.05, 3.63) is 0 Å². The second-order valence-electron chi connectivity index (χ2n) is 3.57. The lowest BCUT2D eigenvalue weighted by Gasteiger charge is -2.31. The summed E-state index contributed by atoms with van der Waals surface area (Å²) in [6, 6.07) is -1.15. The molecule has 0 aromatic carbocycles. The molecule has 1 rings (SSSR count). The number of nitrogens with zero attached hydrogens (tertiary/aromatic N) is 1. The van der Waals surface area contributed by atoms with Crippen molar-refractivity contribution in [2.45, 2.75) is 25.1 Å². The summed E-state index contributed by atoms with van der Waals surface area (Å²) in [6.07, 6.45) is -4.30. The van der Waals surface area contributed by atoms with Gasteiger partial charge in [-0.25, -0.2) is 4.79 Å². The maximum atomic E-state index is 11.9. The van der Waals surface area contributed by atoms with Crippen LogP contribution in [0.2, 0.25) is 0 Å². The number of hydrogen-bond donors (Lipinski definition) is 2. The summed E-state index contributed by atoms with van der Waals surface area (Å²) in [5.41, 5.74) is 5.00. The number of alkyl halides is 3. The summed E-state index contributed by atoms with van der Waals surface area (Å²) in [4.78, 5) is 22.7. The van der Waals surface area contributed by atoms with Crippen molar-refractivity contribution in [3.8, 4) is 0 Å². The van der Waals surface area contributed by atoms with Crippen molar-refractivity contribution >= 4 is 11.9 Å². The van der Waals surface area contributed by atoms with Gasteiger partial charge in [0.1, 0.15) is 0 Å². The molecule has 16 heavy (non-hydrogen) atoms. The Morgan fingerprint density at radius 1 is 1.25 bits per heavy atom. The van der Waals surface area contributed by atoms with Gasteiger partial charge in [-0.1, -0.05) is 0 Å². The van der Waals surface area contributed by atoms with Gasteiger partial charge in [0.25, 0.3) is 0 Å². The minimum Gasteiger partial charge on any atom is -0.351 e. The molecule has 0 bridgehead atoms. The highest BCUT2D eigenvalue weighted by Crippen LogP contribution is 2.17. The summed E-state index contributed by atoms with van der Waals surface area (Å²) in [7, 11) is 0. The Kier molecular flexibility index (Phi) is 3.61. The van der Waals surface area contributed by atoms with Gasteiger partial charge in [0, 0.05) is 19.1 Å². The largest absolute Gasteiger partial charge is 0.471 e. The normalized spacial score (nSPS) is 18.3. The maximum Gasteiger partial charge on any atom is 0.471 e. The lowest BCUT2D eigenvalue weighted by molar-refractivity contribution is -0.174. The van der Waals surface area contributed by atoms with Crippen LogP contribution in [0.25, 0.3) is 0 Å². The molecule has 3 N–H and O–H groups in total. The number of carbonyl (C=O) groups excluding carboxylic acids is 2. The first kappa shape index (κ1) is 12.6. The number of amides is 3. The van der Waals surface area contributed by atoms with E-state index in [-0.39, 0.29) is 25.9 Å². The SMILES string of the molecule is NC(=O)N1CCC(NC(=O)C(F)(F)F)CC1. The average Bonchev–Trinajstić information content (AvgIpc) is 2.17. The Balaban J connectivity index is 2.38. The van der Waals surface area contributed by atoms with Gasteiger partial charge in [-0.15, -0.1) is 0 Å². The number of halogens is 3. The molecule has 1 heterocycles. The lowest BCUT2D eigenvalue weighted by Crippen LogP contribution is -2.50. The molecule has 3 amide bonds. The number of urea groups is 1. The minimum atomic E-state index is -4.86. The van der Waals surface area contributed by atoms with E-state index < -0.39 is 24.2 Å². The minimum absolute atomic E-state index is 0.262. The van der Waals surface area contributed by atoms with Crippen LogP contribution in [0.5, 0.6) is 0 Å². The van der Waals surface area contributed by atoms with Crippen LogP contribution >= 0.6 is 0 Å². The first-order chi connectivity index (χ1) is 7.30. The van der Waals surface area contributed by atoms with Crippen LogP contribution < -0.4 is 11.1 Å². The van der Waals surface area contributed by atoms with Gasteiger partial charge >= 0.3 is 18.1 Å². The van der Waals surface area contributed by atoms with Gasteiger partial charge in [0.05, 0.1) is 0 Å². The molecule has 1 aliphatic rings. The Morgan fingerprint density at radius 3 is 2.12 bits per heavy atom. The number of nitrogens with two attached hydrogens (primary N) is 1. The van der Waals surface area contributed by atoms with E-state index in [1.807, 2.05) is 5.32 Å². The van der Waals surface area contributed by atoms with Crippen LogP contribution in [0, 0.1) is 0 Å². The quantitative estimate of drug-likeness (QED) is 0.686. The van der Waals surface area contributed by atoms with E-state index >= 15 is 0 Å². The van der Waals surface area contributed by atoms with Crippen molar-refractivity contribution < 1.29 is 22.8 Å². The number of carbonyl (C=O) groups is 2. The molecule has 0 aromatic heterocycles.